The number of ether oxygens (including phenoxy) is 2. The van der Waals surface area contributed by atoms with E-state index in [1.165, 1.54) is 18.3 Å². The molecule has 1 amide bonds. The van der Waals surface area contributed by atoms with Gasteiger partial charge in [-0.2, -0.15) is 0 Å². The van der Waals surface area contributed by atoms with Gasteiger partial charge in [0.15, 0.2) is 11.5 Å². The fourth-order valence-electron chi connectivity index (χ4n) is 3.53. The molecule has 3 aromatic rings. The molecule has 9 heteroatoms. The smallest absolute Gasteiger partial charge is 0.395 e. The van der Waals surface area contributed by atoms with Crippen molar-refractivity contribution in [3.05, 3.63) is 70.6 Å². The van der Waals surface area contributed by atoms with Gasteiger partial charge in [0, 0.05) is 7.62 Å². The van der Waals surface area contributed by atoms with Gasteiger partial charge in [-0.05, 0) is 54.8 Å². The molecule has 154 valence electrons. The largest absolute Gasteiger partial charge is 0.586 e. The fraction of sp³-hybridized carbons (Fsp3) is 0.190. The molecule has 3 heterocycles. The van der Waals surface area contributed by atoms with Crippen LogP contribution in [0.4, 0.5) is 14.6 Å². The molecule has 0 atom stereocenters. The molecule has 1 aliphatic carbocycles. The number of aromatic amines is 1. The lowest BCUT2D eigenvalue weighted by Crippen LogP contribution is -2.28. The van der Waals surface area contributed by atoms with Crippen LogP contribution in [0.15, 0.2) is 59.5 Å². The first kappa shape index (κ1) is 18.3. The van der Waals surface area contributed by atoms with Gasteiger partial charge in [-0.1, -0.05) is 12.1 Å². The van der Waals surface area contributed by atoms with E-state index >= 15 is 0 Å². The van der Waals surface area contributed by atoms with E-state index in [0.29, 0.717) is 35.5 Å². The molecule has 0 saturated heterocycles. The van der Waals surface area contributed by atoms with Crippen LogP contribution in [-0.2, 0) is 10.2 Å². The van der Waals surface area contributed by atoms with Crippen LogP contribution in [0.25, 0.3) is 11.3 Å². The number of nitrogens with one attached hydrogen (secondary N) is 2. The molecule has 7 nitrogen and oxygen atoms in total. The number of alkyl halides is 2. The molecule has 0 spiro atoms. The Morgan fingerprint density at radius 1 is 1.10 bits per heavy atom. The standard InChI is InChI=1S/C21H15F2N3O4.H2/c22-21(23)29-15-7-6-12(11-16(15)30-21)20(8-9-20)19(28)26-17-5-1-4-14(25-17)13-3-2-10-24-18(13)27;/h1-7,10-11H,8-9H2,(H,24,27)(H,25,26,28);1H. The number of anilines is 1. The highest BCUT2D eigenvalue weighted by atomic mass is 19.3. The summed E-state index contributed by atoms with van der Waals surface area (Å²) in [5.41, 5.74) is 0.231. The number of nitrogens with zero attached hydrogens (tertiary/aromatic N) is 1. The molecule has 2 N–H and O–H groups in total. The Morgan fingerprint density at radius 3 is 2.67 bits per heavy atom. The monoisotopic (exact) mass is 413 g/mol. The van der Waals surface area contributed by atoms with Crippen molar-refractivity contribution >= 4 is 11.7 Å². The average molecular weight is 413 g/mol. The van der Waals surface area contributed by atoms with E-state index in [1.54, 1.807) is 36.4 Å². The minimum atomic E-state index is -3.71. The topological polar surface area (TPSA) is 93.3 Å². The molecule has 2 aliphatic rings. The first-order chi connectivity index (χ1) is 14.4. The summed E-state index contributed by atoms with van der Waals surface area (Å²) in [5, 5.41) is 2.77. The summed E-state index contributed by atoms with van der Waals surface area (Å²) >= 11 is 0. The van der Waals surface area contributed by atoms with Crippen LogP contribution in [0.3, 0.4) is 0 Å². The zero-order valence-electron chi connectivity index (χ0n) is 15.4. The third kappa shape index (κ3) is 3.08. The number of amides is 1. The van der Waals surface area contributed by atoms with E-state index in [4.69, 9.17) is 0 Å². The van der Waals surface area contributed by atoms with Crippen molar-refractivity contribution in [1.29, 1.82) is 0 Å². The van der Waals surface area contributed by atoms with E-state index < -0.39 is 11.7 Å². The number of halogens is 2. The van der Waals surface area contributed by atoms with Gasteiger partial charge in [-0.25, -0.2) is 4.98 Å². The molecular formula is C21H17F2N3O4. The first-order valence-electron chi connectivity index (χ1n) is 9.23. The van der Waals surface area contributed by atoms with Gasteiger partial charge < -0.3 is 19.8 Å². The third-order valence-electron chi connectivity index (χ3n) is 5.22. The van der Waals surface area contributed by atoms with E-state index in [1.807, 2.05) is 0 Å². The average Bonchev–Trinajstić information content (AvgIpc) is 3.46. The molecule has 0 bridgehead atoms. The molecule has 1 fully saturated rings. The normalized spacial score (nSPS) is 17.4. The van der Waals surface area contributed by atoms with Crippen molar-refractivity contribution in [3.8, 4) is 22.8 Å². The maximum Gasteiger partial charge on any atom is 0.586 e. The number of hydrogen-bond donors (Lipinski definition) is 2. The van der Waals surface area contributed by atoms with Crippen LogP contribution in [-0.4, -0.2) is 22.2 Å². The summed E-state index contributed by atoms with van der Waals surface area (Å²) in [6.45, 7) is 0. The Bertz CT molecular complexity index is 1230. The zero-order valence-corrected chi connectivity index (χ0v) is 15.4. The summed E-state index contributed by atoms with van der Waals surface area (Å²) in [6.07, 6.45) is -1.06. The van der Waals surface area contributed by atoms with Crippen LogP contribution in [0, 0.1) is 0 Å². The maximum absolute atomic E-state index is 13.3. The Labute approximate surface area is 170 Å². The van der Waals surface area contributed by atoms with Crippen molar-refractivity contribution < 1.29 is 24.5 Å². The predicted octanol–water partition coefficient (Wildman–Crippen LogP) is 3.67. The van der Waals surface area contributed by atoms with Gasteiger partial charge >= 0.3 is 6.29 Å². The van der Waals surface area contributed by atoms with Gasteiger partial charge in [0.25, 0.3) is 5.56 Å². The van der Waals surface area contributed by atoms with Crippen molar-refractivity contribution in [1.82, 2.24) is 9.97 Å². The summed E-state index contributed by atoms with van der Waals surface area (Å²) in [4.78, 5) is 31.9. The number of carbonyl (C=O) groups excluding carboxylic acids is 1. The number of hydrogen-bond acceptors (Lipinski definition) is 5. The SMILES string of the molecule is O=C(Nc1cccc(-c2ccc[nH]c2=O)n1)C1(c2ccc3c(c2)OC(F)(F)O3)CC1.[HH]. The fourth-order valence-corrected chi connectivity index (χ4v) is 3.53. The molecule has 30 heavy (non-hydrogen) atoms. The van der Waals surface area contributed by atoms with Crippen molar-refractivity contribution in [3.63, 3.8) is 0 Å². The molecule has 2 aromatic heterocycles. The highest BCUT2D eigenvalue weighted by Crippen LogP contribution is 2.52. The second kappa shape index (κ2) is 6.38. The molecule has 0 radical (unpaired) electrons. The van der Waals surface area contributed by atoms with Crippen molar-refractivity contribution in [2.24, 2.45) is 0 Å². The minimum absolute atomic E-state index is 0. The van der Waals surface area contributed by atoms with E-state index in [0.717, 1.165) is 0 Å². The third-order valence-corrected chi connectivity index (χ3v) is 5.22. The summed E-state index contributed by atoms with van der Waals surface area (Å²) in [7, 11) is 0. The first-order valence-corrected chi connectivity index (χ1v) is 9.23. The van der Waals surface area contributed by atoms with Crippen LogP contribution >= 0.6 is 0 Å². The highest BCUT2D eigenvalue weighted by Gasteiger charge is 2.52. The number of H-pyrrole nitrogens is 1. The number of benzene rings is 1. The lowest BCUT2D eigenvalue weighted by atomic mass is 9.94. The highest BCUT2D eigenvalue weighted by molar-refractivity contribution is 6.01. The molecule has 1 aromatic carbocycles. The number of aromatic nitrogens is 2. The predicted molar refractivity (Wildman–Crippen MR) is 105 cm³/mol. The second-order valence-electron chi connectivity index (χ2n) is 7.19. The van der Waals surface area contributed by atoms with Gasteiger partial charge in [0.1, 0.15) is 5.82 Å². The van der Waals surface area contributed by atoms with Crippen LogP contribution in [0.2, 0.25) is 0 Å². The van der Waals surface area contributed by atoms with E-state index in [-0.39, 0.29) is 24.4 Å². The Morgan fingerprint density at radius 2 is 1.90 bits per heavy atom. The number of rotatable bonds is 4. The summed E-state index contributed by atoms with van der Waals surface area (Å²) < 4.78 is 35.5. The minimum Gasteiger partial charge on any atom is -0.395 e. The lowest BCUT2D eigenvalue weighted by Gasteiger charge is -2.16. The van der Waals surface area contributed by atoms with Gasteiger partial charge in [0.2, 0.25) is 5.91 Å². The lowest BCUT2D eigenvalue weighted by molar-refractivity contribution is -0.286. The van der Waals surface area contributed by atoms with E-state index in [9.17, 15) is 18.4 Å². The van der Waals surface area contributed by atoms with E-state index in [2.05, 4.69) is 24.8 Å². The number of pyridine rings is 2. The summed E-state index contributed by atoms with van der Waals surface area (Å²) in [5.74, 6) is -0.179. The zero-order chi connectivity index (χ0) is 20.9. The Balaban J connectivity index is 0.00000231. The van der Waals surface area contributed by atoms with Crippen molar-refractivity contribution in [2.45, 2.75) is 24.6 Å². The summed E-state index contributed by atoms with van der Waals surface area (Å²) in [6, 6.07) is 12.7. The Kier molecular flexibility index (Phi) is 3.89. The quantitative estimate of drug-likeness (QED) is 0.681. The molecule has 1 saturated carbocycles. The Hall–Kier alpha value is -3.75. The van der Waals surface area contributed by atoms with Crippen LogP contribution in [0.5, 0.6) is 11.5 Å². The van der Waals surface area contributed by atoms with Crippen LogP contribution < -0.4 is 20.3 Å². The number of carbonyl (C=O) groups is 1. The molecule has 0 unspecified atom stereocenters. The number of fused-ring (bicyclic) bond motifs is 1. The van der Waals surface area contributed by atoms with Gasteiger partial charge in [0.05, 0.1) is 16.7 Å². The second-order valence-corrected chi connectivity index (χ2v) is 7.19. The molecule has 1 aliphatic heterocycles. The maximum atomic E-state index is 13.3. The molecule has 5 rings (SSSR count). The van der Waals surface area contributed by atoms with Crippen LogP contribution in [0.1, 0.15) is 19.8 Å². The molecular weight excluding hydrogens is 396 g/mol. The van der Waals surface area contributed by atoms with Gasteiger partial charge in [-0.15, -0.1) is 8.78 Å². The van der Waals surface area contributed by atoms with Gasteiger partial charge in [-0.3, -0.25) is 9.59 Å². The van der Waals surface area contributed by atoms with Crippen molar-refractivity contribution in [2.75, 3.05) is 5.32 Å².